The molecule has 1 aromatic carbocycles. The van der Waals surface area contributed by atoms with Crippen molar-refractivity contribution in [1.29, 1.82) is 0 Å². The molecule has 4 rings (SSSR count). The predicted octanol–water partition coefficient (Wildman–Crippen LogP) is 2.52. The molecule has 2 fully saturated rings. The summed E-state index contributed by atoms with van der Waals surface area (Å²) >= 11 is 0. The summed E-state index contributed by atoms with van der Waals surface area (Å²) in [4.78, 5) is 15.1. The molecule has 1 aliphatic carbocycles. The molecule has 6 nitrogen and oxygen atoms in total. The van der Waals surface area contributed by atoms with Crippen molar-refractivity contribution < 1.29 is 14.3 Å². The zero-order chi connectivity index (χ0) is 17.2. The zero-order valence-electron chi connectivity index (χ0n) is 14.4. The van der Waals surface area contributed by atoms with Crippen LogP contribution in [0, 0.1) is 5.92 Å². The molecule has 1 amide bonds. The van der Waals surface area contributed by atoms with Crippen LogP contribution in [-0.2, 0) is 4.74 Å². The number of benzene rings is 1. The number of hydrogen-bond acceptors (Lipinski definition) is 4. The highest BCUT2D eigenvalue weighted by molar-refractivity contribution is 5.95. The maximum absolute atomic E-state index is 13.2. The maximum atomic E-state index is 13.2. The molecule has 1 atom stereocenters. The van der Waals surface area contributed by atoms with Gasteiger partial charge in [0.25, 0.3) is 5.91 Å². The van der Waals surface area contributed by atoms with Crippen molar-refractivity contribution >= 4 is 5.91 Å². The molecule has 0 unspecified atom stereocenters. The van der Waals surface area contributed by atoms with Crippen LogP contribution in [0.5, 0.6) is 5.75 Å². The molecule has 2 aliphatic rings. The monoisotopic (exact) mass is 341 g/mol. The van der Waals surface area contributed by atoms with E-state index < -0.39 is 0 Å². The summed E-state index contributed by atoms with van der Waals surface area (Å²) in [6, 6.07) is 10.1. The van der Waals surface area contributed by atoms with Gasteiger partial charge in [0.05, 0.1) is 25.6 Å². The molecule has 1 aliphatic heterocycles. The molecule has 0 bridgehead atoms. The van der Waals surface area contributed by atoms with Crippen LogP contribution in [0.1, 0.15) is 29.8 Å². The summed E-state index contributed by atoms with van der Waals surface area (Å²) in [6.07, 6.45) is 4.93. The second-order valence-corrected chi connectivity index (χ2v) is 6.74. The minimum atomic E-state index is -0.0408. The van der Waals surface area contributed by atoms with Gasteiger partial charge in [-0.1, -0.05) is 18.2 Å². The van der Waals surface area contributed by atoms with Crippen molar-refractivity contribution in [2.75, 3.05) is 26.9 Å². The van der Waals surface area contributed by atoms with Crippen molar-refractivity contribution in [2.24, 2.45) is 5.92 Å². The number of carbonyl (C=O) groups excluding carboxylic acids is 1. The van der Waals surface area contributed by atoms with Crippen LogP contribution in [0.4, 0.5) is 0 Å². The molecule has 0 N–H and O–H groups in total. The average molecular weight is 341 g/mol. The first-order valence-electron chi connectivity index (χ1n) is 8.84. The van der Waals surface area contributed by atoms with Gasteiger partial charge in [-0.05, 0) is 31.4 Å². The van der Waals surface area contributed by atoms with Gasteiger partial charge >= 0.3 is 0 Å². The number of amides is 1. The van der Waals surface area contributed by atoms with E-state index >= 15 is 0 Å². The summed E-state index contributed by atoms with van der Waals surface area (Å²) in [7, 11) is 1.58. The Balaban J connectivity index is 1.60. The Bertz CT molecular complexity index is 734. The van der Waals surface area contributed by atoms with E-state index in [0.29, 0.717) is 23.4 Å². The fourth-order valence-electron chi connectivity index (χ4n) is 3.29. The second-order valence-electron chi connectivity index (χ2n) is 6.74. The number of aromatic nitrogens is 2. The number of nitrogens with zero attached hydrogens (tertiary/aromatic N) is 3. The average Bonchev–Trinajstić information content (AvgIpc) is 3.19. The fraction of sp³-hybridized carbons (Fsp3) is 0.474. The first-order valence-corrected chi connectivity index (χ1v) is 8.84. The summed E-state index contributed by atoms with van der Waals surface area (Å²) in [5.41, 5.74) is 1.29. The largest absolute Gasteiger partial charge is 0.493 e. The van der Waals surface area contributed by atoms with Crippen molar-refractivity contribution in [2.45, 2.75) is 25.3 Å². The van der Waals surface area contributed by atoms with E-state index in [1.165, 1.54) is 0 Å². The third kappa shape index (κ3) is 3.39. The Morgan fingerprint density at radius 3 is 2.76 bits per heavy atom. The minimum Gasteiger partial charge on any atom is -0.493 e. The standard InChI is InChI=1S/C19H23N3O3/c1-24-17-12-22(16-5-3-2-4-6-16)20-18(17)19(23)21(15-7-8-15)11-14-9-10-25-13-14/h2-6,12,14-15H,7-11,13H2,1H3/t14-/m1/s1. The molecule has 2 heterocycles. The van der Waals surface area contributed by atoms with Gasteiger partial charge in [-0.3, -0.25) is 4.79 Å². The highest BCUT2D eigenvalue weighted by Gasteiger charge is 2.37. The highest BCUT2D eigenvalue weighted by atomic mass is 16.5. The predicted molar refractivity (Wildman–Crippen MR) is 93.1 cm³/mol. The van der Waals surface area contributed by atoms with Crippen molar-refractivity contribution in [3.8, 4) is 11.4 Å². The third-order valence-electron chi connectivity index (χ3n) is 4.85. The minimum absolute atomic E-state index is 0.0408. The summed E-state index contributed by atoms with van der Waals surface area (Å²) < 4.78 is 12.6. The smallest absolute Gasteiger partial charge is 0.278 e. The maximum Gasteiger partial charge on any atom is 0.278 e. The molecular formula is C19H23N3O3. The first kappa shape index (κ1) is 16.1. The van der Waals surface area contributed by atoms with Crippen LogP contribution in [-0.4, -0.2) is 53.5 Å². The molecule has 132 valence electrons. The number of methoxy groups -OCH3 is 1. The van der Waals surface area contributed by atoms with E-state index in [4.69, 9.17) is 9.47 Å². The van der Waals surface area contributed by atoms with Gasteiger partial charge in [-0.2, -0.15) is 5.10 Å². The molecule has 25 heavy (non-hydrogen) atoms. The molecule has 0 radical (unpaired) electrons. The normalized spacial score (nSPS) is 19.8. The SMILES string of the molecule is COc1cn(-c2ccccc2)nc1C(=O)N(C[C@H]1CCOC1)C1CC1. The van der Waals surface area contributed by atoms with Gasteiger partial charge in [-0.25, -0.2) is 4.68 Å². The summed E-state index contributed by atoms with van der Waals surface area (Å²) in [6.45, 7) is 2.28. The molecule has 6 heteroatoms. The number of para-hydroxylation sites is 1. The second kappa shape index (κ2) is 6.88. The van der Waals surface area contributed by atoms with Crippen LogP contribution in [0.2, 0.25) is 0 Å². The Morgan fingerprint density at radius 1 is 1.32 bits per heavy atom. The quantitative estimate of drug-likeness (QED) is 0.810. The number of hydrogen-bond donors (Lipinski definition) is 0. The van der Waals surface area contributed by atoms with Gasteiger partial charge in [0, 0.05) is 25.1 Å². The van der Waals surface area contributed by atoms with Crippen LogP contribution in [0.25, 0.3) is 5.69 Å². The van der Waals surface area contributed by atoms with Crippen molar-refractivity contribution in [3.05, 3.63) is 42.2 Å². The molecule has 2 aromatic rings. The molecular weight excluding hydrogens is 318 g/mol. The lowest BCUT2D eigenvalue weighted by Crippen LogP contribution is -2.38. The third-order valence-corrected chi connectivity index (χ3v) is 4.85. The number of rotatable bonds is 6. The zero-order valence-corrected chi connectivity index (χ0v) is 14.4. The van der Waals surface area contributed by atoms with E-state index in [2.05, 4.69) is 5.10 Å². The van der Waals surface area contributed by atoms with Crippen molar-refractivity contribution in [1.82, 2.24) is 14.7 Å². The van der Waals surface area contributed by atoms with Crippen LogP contribution in [0.15, 0.2) is 36.5 Å². The Hall–Kier alpha value is -2.34. The summed E-state index contributed by atoms with van der Waals surface area (Å²) in [5, 5.41) is 4.53. The fourth-order valence-corrected chi connectivity index (χ4v) is 3.29. The van der Waals surface area contributed by atoms with E-state index in [1.807, 2.05) is 35.2 Å². The number of ether oxygens (including phenoxy) is 2. The molecule has 1 aromatic heterocycles. The van der Waals surface area contributed by atoms with Crippen LogP contribution >= 0.6 is 0 Å². The van der Waals surface area contributed by atoms with Gasteiger partial charge in [0.2, 0.25) is 0 Å². The van der Waals surface area contributed by atoms with E-state index in [-0.39, 0.29) is 5.91 Å². The van der Waals surface area contributed by atoms with Crippen LogP contribution in [0.3, 0.4) is 0 Å². The Morgan fingerprint density at radius 2 is 2.12 bits per heavy atom. The van der Waals surface area contributed by atoms with Gasteiger partial charge in [-0.15, -0.1) is 0 Å². The highest BCUT2D eigenvalue weighted by Crippen LogP contribution is 2.32. The van der Waals surface area contributed by atoms with Gasteiger partial charge in [0.1, 0.15) is 0 Å². The number of carbonyl (C=O) groups is 1. The molecule has 1 saturated heterocycles. The van der Waals surface area contributed by atoms with E-state index in [0.717, 1.165) is 44.7 Å². The Kier molecular flexibility index (Phi) is 4.44. The molecule has 0 spiro atoms. The van der Waals surface area contributed by atoms with E-state index in [1.54, 1.807) is 18.0 Å². The van der Waals surface area contributed by atoms with Gasteiger partial charge in [0.15, 0.2) is 11.4 Å². The lowest BCUT2D eigenvalue weighted by Gasteiger charge is -2.24. The lowest BCUT2D eigenvalue weighted by molar-refractivity contribution is 0.0696. The lowest BCUT2D eigenvalue weighted by atomic mass is 10.1. The molecule has 1 saturated carbocycles. The summed E-state index contributed by atoms with van der Waals surface area (Å²) in [5.74, 6) is 0.898. The Labute approximate surface area is 147 Å². The van der Waals surface area contributed by atoms with Gasteiger partial charge < -0.3 is 14.4 Å². The topological polar surface area (TPSA) is 56.6 Å². The van der Waals surface area contributed by atoms with Crippen LogP contribution < -0.4 is 4.74 Å². The first-order chi connectivity index (χ1) is 12.3. The van der Waals surface area contributed by atoms with Crippen molar-refractivity contribution in [3.63, 3.8) is 0 Å². The van der Waals surface area contributed by atoms with E-state index in [9.17, 15) is 4.79 Å².